The van der Waals surface area contributed by atoms with Gasteiger partial charge in [-0.1, -0.05) is 0 Å². The largest absolute Gasteiger partial charge is 0.487 e. The lowest BCUT2D eigenvalue weighted by Crippen LogP contribution is -2.37. The number of hydrogen-bond donors (Lipinski definition) is 1. The molecule has 1 aromatic carbocycles. The third kappa shape index (κ3) is 3.13. The van der Waals surface area contributed by atoms with Crippen LogP contribution in [0.4, 0.5) is 4.39 Å². The van der Waals surface area contributed by atoms with Crippen LogP contribution in [-0.2, 0) is 4.74 Å². The minimum atomic E-state index is -0.779. The van der Waals surface area contributed by atoms with E-state index in [0.29, 0.717) is 11.3 Å². The maximum absolute atomic E-state index is 13.3. The molecular formula is C16H23FO3. The molecule has 0 spiro atoms. The fourth-order valence-electron chi connectivity index (χ4n) is 2.80. The van der Waals surface area contributed by atoms with Crippen LogP contribution >= 0.6 is 0 Å². The van der Waals surface area contributed by atoms with Crippen molar-refractivity contribution >= 4 is 0 Å². The summed E-state index contributed by atoms with van der Waals surface area (Å²) in [5.41, 5.74) is -0.210. The third-order valence-corrected chi connectivity index (χ3v) is 3.68. The fourth-order valence-corrected chi connectivity index (χ4v) is 2.80. The van der Waals surface area contributed by atoms with Crippen molar-refractivity contribution < 1.29 is 19.0 Å². The Balaban J connectivity index is 2.27. The molecule has 0 amide bonds. The summed E-state index contributed by atoms with van der Waals surface area (Å²) in [6.07, 6.45) is -0.170. The molecule has 1 N–H and O–H groups in total. The molecule has 1 heterocycles. The molecular weight excluding hydrogens is 259 g/mol. The van der Waals surface area contributed by atoms with Gasteiger partial charge in [-0.05, 0) is 52.8 Å². The summed E-state index contributed by atoms with van der Waals surface area (Å²) >= 11 is 0. The minimum Gasteiger partial charge on any atom is -0.487 e. The predicted octanol–water partition coefficient (Wildman–Crippen LogP) is 3.60. The molecule has 1 aliphatic heterocycles. The Morgan fingerprint density at radius 1 is 1.35 bits per heavy atom. The van der Waals surface area contributed by atoms with E-state index in [4.69, 9.17) is 9.47 Å². The van der Waals surface area contributed by atoms with Gasteiger partial charge in [0.1, 0.15) is 23.3 Å². The van der Waals surface area contributed by atoms with Crippen molar-refractivity contribution in [3.63, 3.8) is 0 Å². The van der Waals surface area contributed by atoms with Crippen molar-refractivity contribution in [2.75, 3.05) is 0 Å². The molecule has 2 rings (SSSR count). The van der Waals surface area contributed by atoms with E-state index in [0.717, 1.165) is 6.42 Å². The molecule has 0 bridgehead atoms. The van der Waals surface area contributed by atoms with Gasteiger partial charge in [0.2, 0.25) is 0 Å². The molecule has 2 atom stereocenters. The Bertz CT molecular complexity index is 494. The third-order valence-electron chi connectivity index (χ3n) is 3.68. The second kappa shape index (κ2) is 5.01. The average Bonchev–Trinajstić information content (AvgIpc) is 2.48. The van der Waals surface area contributed by atoms with E-state index in [1.165, 1.54) is 12.1 Å². The van der Waals surface area contributed by atoms with Crippen molar-refractivity contribution in [3.05, 3.63) is 29.6 Å². The number of halogens is 1. The van der Waals surface area contributed by atoms with Gasteiger partial charge in [0.25, 0.3) is 0 Å². The van der Waals surface area contributed by atoms with Crippen LogP contribution in [0.2, 0.25) is 0 Å². The molecule has 4 heteroatoms. The van der Waals surface area contributed by atoms with E-state index < -0.39 is 11.7 Å². The molecule has 1 aromatic rings. The van der Waals surface area contributed by atoms with Crippen molar-refractivity contribution in [1.29, 1.82) is 0 Å². The lowest BCUT2D eigenvalue weighted by Gasteiger charge is -2.28. The summed E-state index contributed by atoms with van der Waals surface area (Å²) in [4.78, 5) is 0. The maximum Gasteiger partial charge on any atom is 0.130 e. The summed E-state index contributed by atoms with van der Waals surface area (Å²) < 4.78 is 25.3. The van der Waals surface area contributed by atoms with Crippen LogP contribution in [0.1, 0.15) is 52.7 Å². The highest BCUT2D eigenvalue weighted by molar-refractivity contribution is 5.36. The topological polar surface area (TPSA) is 38.7 Å². The van der Waals surface area contributed by atoms with Crippen molar-refractivity contribution in [1.82, 2.24) is 0 Å². The number of ether oxygens (including phenoxy) is 2. The van der Waals surface area contributed by atoms with Gasteiger partial charge in [0, 0.05) is 12.0 Å². The Kier molecular flexibility index (Phi) is 3.82. The van der Waals surface area contributed by atoms with E-state index in [1.54, 1.807) is 13.0 Å². The van der Waals surface area contributed by atoms with Crippen LogP contribution in [0.15, 0.2) is 18.2 Å². The Hall–Kier alpha value is -1.13. The highest BCUT2D eigenvalue weighted by atomic mass is 19.1. The van der Waals surface area contributed by atoms with Crippen molar-refractivity contribution in [3.8, 4) is 5.75 Å². The first kappa shape index (κ1) is 15.3. The van der Waals surface area contributed by atoms with Gasteiger partial charge >= 0.3 is 0 Å². The molecule has 1 unspecified atom stereocenters. The second-order valence-electron chi connectivity index (χ2n) is 6.63. The van der Waals surface area contributed by atoms with Gasteiger partial charge in [-0.25, -0.2) is 4.39 Å². The van der Waals surface area contributed by atoms with E-state index in [2.05, 4.69) is 0 Å². The molecule has 1 aliphatic rings. The van der Waals surface area contributed by atoms with Gasteiger partial charge in [-0.15, -0.1) is 0 Å². The lowest BCUT2D eigenvalue weighted by molar-refractivity contribution is -0.0848. The van der Waals surface area contributed by atoms with Gasteiger partial charge < -0.3 is 14.6 Å². The molecule has 0 aromatic heterocycles. The Morgan fingerprint density at radius 3 is 2.50 bits per heavy atom. The smallest absolute Gasteiger partial charge is 0.130 e. The van der Waals surface area contributed by atoms with Crippen molar-refractivity contribution in [2.45, 2.75) is 64.4 Å². The standard InChI is InChI=1S/C16H23FO3/c1-10(18)12-8-11(17)6-7-13(12)19-14-9-15(2,3)20-16(14,4)5/h6-8,10,14,18H,9H2,1-5H3/t10-,14?/m0/s1. The maximum atomic E-state index is 13.3. The Labute approximate surface area is 119 Å². The molecule has 112 valence electrons. The van der Waals surface area contributed by atoms with Crippen LogP contribution in [0.5, 0.6) is 5.75 Å². The molecule has 1 fully saturated rings. The summed E-state index contributed by atoms with van der Waals surface area (Å²) in [6, 6.07) is 4.22. The highest BCUT2D eigenvalue weighted by Crippen LogP contribution is 2.40. The predicted molar refractivity (Wildman–Crippen MR) is 75.3 cm³/mol. The SMILES string of the molecule is C[C@H](O)c1cc(F)ccc1OC1CC(C)(C)OC1(C)C. The van der Waals surface area contributed by atoms with Crippen LogP contribution in [0, 0.1) is 5.82 Å². The van der Waals surface area contributed by atoms with E-state index >= 15 is 0 Å². The monoisotopic (exact) mass is 282 g/mol. The van der Waals surface area contributed by atoms with Gasteiger partial charge in [-0.2, -0.15) is 0 Å². The first-order valence-electron chi connectivity index (χ1n) is 6.95. The van der Waals surface area contributed by atoms with Gasteiger partial charge in [-0.3, -0.25) is 0 Å². The van der Waals surface area contributed by atoms with Crippen LogP contribution in [-0.4, -0.2) is 22.4 Å². The summed E-state index contributed by atoms with van der Waals surface area (Å²) in [5, 5.41) is 9.76. The van der Waals surface area contributed by atoms with Crippen LogP contribution < -0.4 is 4.74 Å². The molecule has 0 saturated carbocycles. The molecule has 20 heavy (non-hydrogen) atoms. The first-order valence-corrected chi connectivity index (χ1v) is 6.95. The Morgan fingerprint density at radius 2 is 2.00 bits per heavy atom. The quantitative estimate of drug-likeness (QED) is 0.920. The molecule has 1 saturated heterocycles. The zero-order valence-corrected chi connectivity index (χ0v) is 12.7. The molecule has 0 radical (unpaired) electrons. The van der Waals surface area contributed by atoms with E-state index in [1.807, 2.05) is 27.7 Å². The minimum absolute atomic E-state index is 0.138. The van der Waals surface area contributed by atoms with E-state index in [9.17, 15) is 9.50 Å². The second-order valence-corrected chi connectivity index (χ2v) is 6.63. The lowest BCUT2D eigenvalue weighted by atomic mass is 9.97. The summed E-state index contributed by atoms with van der Waals surface area (Å²) in [6.45, 7) is 9.62. The normalized spacial score (nSPS) is 25.4. The summed E-state index contributed by atoms with van der Waals surface area (Å²) in [7, 11) is 0. The first-order chi connectivity index (χ1) is 9.11. The zero-order valence-electron chi connectivity index (χ0n) is 12.7. The number of benzene rings is 1. The van der Waals surface area contributed by atoms with Gasteiger partial charge in [0.15, 0.2) is 0 Å². The zero-order chi connectivity index (χ0) is 15.1. The summed E-state index contributed by atoms with van der Waals surface area (Å²) in [5.74, 6) is 0.135. The van der Waals surface area contributed by atoms with Crippen molar-refractivity contribution in [2.24, 2.45) is 0 Å². The molecule has 3 nitrogen and oxygen atoms in total. The highest BCUT2D eigenvalue weighted by Gasteiger charge is 2.47. The number of hydrogen-bond acceptors (Lipinski definition) is 3. The molecule has 0 aliphatic carbocycles. The van der Waals surface area contributed by atoms with Crippen LogP contribution in [0.25, 0.3) is 0 Å². The van der Waals surface area contributed by atoms with Crippen LogP contribution in [0.3, 0.4) is 0 Å². The fraction of sp³-hybridized carbons (Fsp3) is 0.625. The van der Waals surface area contributed by atoms with Gasteiger partial charge in [0.05, 0.1) is 11.7 Å². The van der Waals surface area contributed by atoms with E-state index in [-0.39, 0.29) is 17.5 Å². The average molecular weight is 282 g/mol. The number of rotatable bonds is 3. The number of aliphatic hydroxyl groups excluding tert-OH is 1. The number of aliphatic hydroxyl groups is 1.